The third-order valence-corrected chi connectivity index (χ3v) is 4.41. The molecule has 0 spiro atoms. The van der Waals surface area contributed by atoms with Crippen LogP contribution in [-0.4, -0.2) is 22.1 Å². The molecule has 0 saturated carbocycles. The van der Waals surface area contributed by atoms with E-state index in [2.05, 4.69) is 0 Å². The third-order valence-electron chi connectivity index (χ3n) is 2.55. The van der Waals surface area contributed by atoms with Gasteiger partial charge in [0.25, 0.3) is 0 Å². The minimum Gasteiger partial charge on any atom is -0.379 e. The highest BCUT2D eigenvalue weighted by Gasteiger charge is 2.29. The van der Waals surface area contributed by atoms with E-state index >= 15 is 0 Å². The highest BCUT2D eigenvalue weighted by atomic mass is 32.2. The van der Waals surface area contributed by atoms with E-state index in [1.165, 1.54) is 7.11 Å². The lowest BCUT2D eigenvalue weighted by Gasteiger charge is -2.04. The first-order valence-corrected chi connectivity index (χ1v) is 6.35. The molecule has 16 heavy (non-hydrogen) atoms. The Morgan fingerprint density at radius 2 is 2.12 bits per heavy atom. The second-order valence-electron chi connectivity index (χ2n) is 3.62. The molecule has 2 rings (SSSR count). The van der Waals surface area contributed by atoms with Crippen LogP contribution in [0.4, 0.5) is 0 Å². The summed E-state index contributed by atoms with van der Waals surface area (Å²) in [5.74, 6) is 0. The van der Waals surface area contributed by atoms with Gasteiger partial charge in [-0.1, -0.05) is 12.1 Å². The topological polar surface area (TPSA) is 69.4 Å². The van der Waals surface area contributed by atoms with Crippen LogP contribution >= 0.6 is 0 Å². The highest BCUT2D eigenvalue weighted by Crippen LogP contribution is 2.33. The number of sulfone groups is 1. The fourth-order valence-corrected chi connectivity index (χ4v) is 3.29. The van der Waals surface area contributed by atoms with Crippen molar-refractivity contribution in [2.75, 3.05) is 13.7 Å². The second-order valence-corrected chi connectivity index (χ2v) is 5.59. The standard InChI is InChI=1S/C11H13NO3S/c1-15-7-10-5-9-3-2-8(6-12)4-11(9)16(10,13)14/h2-5H,6-7,12H2,1H3. The summed E-state index contributed by atoms with van der Waals surface area (Å²) in [6, 6.07) is 5.24. The molecule has 0 unspecified atom stereocenters. The van der Waals surface area contributed by atoms with E-state index < -0.39 is 9.84 Å². The van der Waals surface area contributed by atoms with Crippen LogP contribution in [-0.2, 0) is 21.1 Å². The van der Waals surface area contributed by atoms with Crippen molar-refractivity contribution in [3.8, 4) is 0 Å². The van der Waals surface area contributed by atoms with Crippen molar-refractivity contribution in [1.82, 2.24) is 0 Å². The smallest absolute Gasteiger partial charge is 0.205 e. The molecule has 0 aromatic heterocycles. The Kier molecular flexibility index (Phi) is 2.84. The van der Waals surface area contributed by atoms with Crippen molar-refractivity contribution < 1.29 is 13.2 Å². The molecule has 0 aliphatic carbocycles. The van der Waals surface area contributed by atoms with Crippen LogP contribution in [0.1, 0.15) is 11.1 Å². The maximum absolute atomic E-state index is 12.1. The summed E-state index contributed by atoms with van der Waals surface area (Å²) in [6.45, 7) is 0.442. The van der Waals surface area contributed by atoms with E-state index in [-0.39, 0.29) is 6.61 Å². The first kappa shape index (κ1) is 11.3. The van der Waals surface area contributed by atoms with Crippen LogP contribution in [0.2, 0.25) is 0 Å². The number of hydrogen-bond donors (Lipinski definition) is 1. The number of benzene rings is 1. The van der Waals surface area contributed by atoms with E-state index in [1.807, 2.05) is 6.07 Å². The summed E-state index contributed by atoms with van der Waals surface area (Å²) < 4.78 is 29.0. The van der Waals surface area contributed by atoms with Crippen LogP contribution in [0.25, 0.3) is 6.08 Å². The largest absolute Gasteiger partial charge is 0.379 e. The predicted octanol–water partition coefficient (Wildman–Crippen LogP) is 0.920. The molecule has 0 amide bonds. The molecule has 1 aliphatic heterocycles. The summed E-state index contributed by atoms with van der Waals surface area (Å²) in [7, 11) is -1.88. The van der Waals surface area contributed by atoms with Crippen LogP contribution in [0.3, 0.4) is 0 Å². The lowest BCUT2D eigenvalue weighted by molar-refractivity contribution is 0.231. The molecule has 4 nitrogen and oxygen atoms in total. The maximum atomic E-state index is 12.1. The minimum atomic E-state index is -3.36. The average Bonchev–Trinajstić information content (AvgIpc) is 2.51. The van der Waals surface area contributed by atoms with Gasteiger partial charge in [0, 0.05) is 13.7 Å². The Morgan fingerprint density at radius 1 is 1.38 bits per heavy atom. The van der Waals surface area contributed by atoms with Crippen LogP contribution in [0.5, 0.6) is 0 Å². The molecule has 5 heteroatoms. The molecule has 1 aromatic rings. The monoisotopic (exact) mass is 239 g/mol. The van der Waals surface area contributed by atoms with Crippen LogP contribution < -0.4 is 5.73 Å². The molecular formula is C11H13NO3S. The van der Waals surface area contributed by atoms with Gasteiger partial charge in [-0.2, -0.15) is 0 Å². The molecule has 0 radical (unpaired) electrons. The second kappa shape index (κ2) is 4.01. The minimum absolute atomic E-state index is 0.106. The zero-order valence-corrected chi connectivity index (χ0v) is 9.75. The van der Waals surface area contributed by atoms with Crippen molar-refractivity contribution in [2.24, 2.45) is 5.73 Å². The van der Waals surface area contributed by atoms with Gasteiger partial charge < -0.3 is 10.5 Å². The Morgan fingerprint density at radius 3 is 2.75 bits per heavy atom. The molecular weight excluding hydrogens is 226 g/mol. The van der Waals surface area contributed by atoms with E-state index in [4.69, 9.17) is 10.5 Å². The van der Waals surface area contributed by atoms with E-state index in [1.54, 1.807) is 18.2 Å². The normalized spacial score (nSPS) is 17.0. The zero-order chi connectivity index (χ0) is 11.8. The molecule has 0 saturated heterocycles. The van der Waals surface area contributed by atoms with Crippen molar-refractivity contribution in [1.29, 1.82) is 0 Å². The van der Waals surface area contributed by atoms with Gasteiger partial charge in [0.05, 0.1) is 16.4 Å². The Labute approximate surface area is 94.6 Å². The fraction of sp³-hybridized carbons (Fsp3) is 0.273. The summed E-state index contributed by atoms with van der Waals surface area (Å²) in [6.07, 6.45) is 1.65. The molecule has 2 N–H and O–H groups in total. The van der Waals surface area contributed by atoms with E-state index in [0.29, 0.717) is 21.9 Å². The molecule has 1 heterocycles. The van der Waals surface area contributed by atoms with Crippen molar-refractivity contribution in [2.45, 2.75) is 11.4 Å². The molecule has 1 aromatic carbocycles. The number of methoxy groups -OCH3 is 1. The quantitative estimate of drug-likeness (QED) is 0.851. The Balaban J connectivity index is 2.53. The lowest BCUT2D eigenvalue weighted by atomic mass is 10.1. The van der Waals surface area contributed by atoms with Crippen LogP contribution in [0.15, 0.2) is 28.0 Å². The molecule has 0 atom stereocenters. The first-order valence-electron chi connectivity index (χ1n) is 4.87. The molecule has 0 fully saturated rings. The molecule has 86 valence electrons. The third kappa shape index (κ3) is 1.67. The van der Waals surface area contributed by atoms with Gasteiger partial charge in [-0.15, -0.1) is 0 Å². The van der Waals surface area contributed by atoms with Gasteiger partial charge in [-0.25, -0.2) is 8.42 Å². The number of hydrogen-bond acceptors (Lipinski definition) is 4. The SMILES string of the molecule is COCC1=Cc2ccc(CN)cc2S1(=O)=O. The predicted molar refractivity (Wildman–Crippen MR) is 61.4 cm³/mol. The molecule has 0 bridgehead atoms. The lowest BCUT2D eigenvalue weighted by Crippen LogP contribution is -2.06. The summed E-state index contributed by atoms with van der Waals surface area (Å²) in [4.78, 5) is 0.640. The summed E-state index contributed by atoms with van der Waals surface area (Å²) in [5.41, 5.74) is 7.02. The van der Waals surface area contributed by atoms with Gasteiger partial charge in [-0.05, 0) is 23.3 Å². The molecule has 1 aliphatic rings. The first-order chi connectivity index (χ1) is 7.59. The van der Waals surface area contributed by atoms with Crippen molar-refractivity contribution in [3.63, 3.8) is 0 Å². The summed E-state index contributed by atoms with van der Waals surface area (Å²) >= 11 is 0. The van der Waals surface area contributed by atoms with E-state index in [9.17, 15) is 8.42 Å². The van der Waals surface area contributed by atoms with Crippen LogP contribution in [0, 0.1) is 0 Å². The summed E-state index contributed by atoms with van der Waals surface area (Å²) in [5, 5.41) is 0. The number of rotatable bonds is 3. The number of ether oxygens (including phenoxy) is 1. The van der Waals surface area contributed by atoms with Crippen molar-refractivity contribution >= 4 is 15.9 Å². The van der Waals surface area contributed by atoms with Gasteiger partial charge in [0.15, 0.2) is 0 Å². The number of nitrogens with two attached hydrogens (primary N) is 1. The Bertz CT molecular complexity index is 546. The zero-order valence-electron chi connectivity index (χ0n) is 8.93. The Hall–Kier alpha value is -1.17. The van der Waals surface area contributed by atoms with Gasteiger partial charge in [0.2, 0.25) is 9.84 Å². The average molecular weight is 239 g/mol. The van der Waals surface area contributed by atoms with Gasteiger partial charge in [0.1, 0.15) is 0 Å². The van der Waals surface area contributed by atoms with Gasteiger partial charge >= 0.3 is 0 Å². The van der Waals surface area contributed by atoms with E-state index in [0.717, 1.165) is 5.56 Å². The van der Waals surface area contributed by atoms with Crippen molar-refractivity contribution in [3.05, 3.63) is 34.2 Å². The number of fused-ring (bicyclic) bond motifs is 1. The maximum Gasteiger partial charge on any atom is 0.205 e. The van der Waals surface area contributed by atoms with Gasteiger partial charge in [-0.3, -0.25) is 0 Å². The fourth-order valence-electron chi connectivity index (χ4n) is 1.71. The highest BCUT2D eigenvalue weighted by molar-refractivity contribution is 7.95.